The number of nitrogens with one attached hydrogen (secondary N) is 1. The Kier molecular flexibility index (Phi) is 10.8. The zero-order valence-electron chi connectivity index (χ0n) is 15.3. The molecular formula is C18H27Cl2N3O2S. The number of benzene rings is 1. The molecule has 0 radical (unpaired) electrons. The fourth-order valence-corrected chi connectivity index (χ4v) is 3.04. The van der Waals surface area contributed by atoms with E-state index in [1.807, 2.05) is 38.3 Å². The summed E-state index contributed by atoms with van der Waals surface area (Å²) in [5, 5.41) is 6.06. The van der Waals surface area contributed by atoms with E-state index in [1.165, 1.54) is 0 Å². The first-order valence-electron chi connectivity index (χ1n) is 8.18. The number of hydrogen-bond acceptors (Lipinski definition) is 5. The van der Waals surface area contributed by atoms with E-state index in [0.29, 0.717) is 24.5 Å². The third-order valence-electron chi connectivity index (χ3n) is 4.27. The lowest BCUT2D eigenvalue weighted by Gasteiger charge is -2.31. The van der Waals surface area contributed by atoms with Crippen LogP contribution in [0.5, 0.6) is 5.75 Å². The lowest BCUT2D eigenvalue weighted by Crippen LogP contribution is -2.52. The van der Waals surface area contributed by atoms with E-state index in [-0.39, 0.29) is 36.3 Å². The molecule has 26 heavy (non-hydrogen) atoms. The summed E-state index contributed by atoms with van der Waals surface area (Å²) in [5.41, 5.74) is 6.96. The van der Waals surface area contributed by atoms with Gasteiger partial charge >= 0.3 is 0 Å². The molecule has 0 aliphatic rings. The van der Waals surface area contributed by atoms with Crippen molar-refractivity contribution in [2.75, 3.05) is 6.54 Å². The minimum atomic E-state index is -0.355. The van der Waals surface area contributed by atoms with Gasteiger partial charge in [0, 0.05) is 17.5 Å². The van der Waals surface area contributed by atoms with E-state index in [2.05, 4.69) is 10.3 Å². The van der Waals surface area contributed by atoms with Gasteiger partial charge in [-0.2, -0.15) is 0 Å². The number of ether oxygens (including phenoxy) is 1. The summed E-state index contributed by atoms with van der Waals surface area (Å²) in [5.74, 6) is 0.527. The number of carbonyl (C=O) groups is 1. The number of thiazole rings is 1. The van der Waals surface area contributed by atoms with Gasteiger partial charge in [0.15, 0.2) is 0 Å². The highest BCUT2D eigenvalue weighted by Crippen LogP contribution is 2.18. The number of carbonyl (C=O) groups excluding carboxylic acids is 1. The normalized spacial score (nSPS) is 10.5. The lowest BCUT2D eigenvalue weighted by atomic mass is 9.92. The summed E-state index contributed by atoms with van der Waals surface area (Å²) in [7, 11) is 0. The smallest absolute Gasteiger partial charge is 0.251 e. The first-order valence-corrected chi connectivity index (χ1v) is 9.06. The van der Waals surface area contributed by atoms with Crippen LogP contribution in [0.15, 0.2) is 29.6 Å². The maximum atomic E-state index is 12.5. The molecule has 0 aliphatic carbocycles. The largest absolute Gasteiger partial charge is 0.487 e. The predicted octanol–water partition coefficient (Wildman–Crippen LogP) is 4.12. The van der Waals surface area contributed by atoms with Gasteiger partial charge in [0.1, 0.15) is 12.4 Å². The number of nitrogens with two attached hydrogens (primary N) is 1. The Bertz CT molecular complexity index is 682. The molecule has 1 aromatic heterocycles. The first kappa shape index (κ1) is 24.7. The van der Waals surface area contributed by atoms with Crippen LogP contribution in [0, 0.1) is 6.92 Å². The second-order valence-electron chi connectivity index (χ2n) is 5.82. The summed E-state index contributed by atoms with van der Waals surface area (Å²) < 4.78 is 5.74. The predicted molar refractivity (Wildman–Crippen MR) is 112 cm³/mol. The van der Waals surface area contributed by atoms with Crippen molar-refractivity contribution < 1.29 is 9.53 Å². The summed E-state index contributed by atoms with van der Waals surface area (Å²) in [6.45, 7) is 6.85. The second-order valence-corrected chi connectivity index (χ2v) is 6.88. The highest BCUT2D eigenvalue weighted by molar-refractivity contribution is 7.09. The van der Waals surface area contributed by atoms with Gasteiger partial charge in [-0.05, 0) is 38.0 Å². The van der Waals surface area contributed by atoms with Crippen molar-refractivity contribution in [3.05, 3.63) is 45.9 Å². The molecular weight excluding hydrogens is 393 g/mol. The topological polar surface area (TPSA) is 77.2 Å². The van der Waals surface area contributed by atoms with Crippen LogP contribution in [0.4, 0.5) is 0 Å². The van der Waals surface area contributed by atoms with E-state index >= 15 is 0 Å². The molecule has 1 amide bonds. The van der Waals surface area contributed by atoms with E-state index in [4.69, 9.17) is 10.5 Å². The van der Waals surface area contributed by atoms with Crippen LogP contribution in [0.3, 0.4) is 0 Å². The second kappa shape index (κ2) is 11.4. The maximum absolute atomic E-state index is 12.5. The maximum Gasteiger partial charge on any atom is 0.251 e. The van der Waals surface area contributed by atoms with E-state index in [0.717, 1.165) is 23.5 Å². The molecule has 146 valence electrons. The third kappa shape index (κ3) is 6.43. The van der Waals surface area contributed by atoms with E-state index < -0.39 is 0 Å². The van der Waals surface area contributed by atoms with Crippen molar-refractivity contribution in [1.82, 2.24) is 10.3 Å². The van der Waals surface area contributed by atoms with Gasteiger partial charge in [-0.15, -0.1) is 36.2 Å². The Hall–Kier alpha value is -1.34. The average Bonchev–Trinajstić information content (AvgIpc) is 3.03. The SMILES string of the molecule is CCC(CC)(CN)NC(=O)c1cccc(OCc2csc(C)n2)c1.Cl.Cl. The van der Waals surface area contributed by atoms with Crippen LogP contribution in [-0.2, 0) is 6.61 Å². The summed E-state index contributed by atoms with van der Waals surface area (Å²) in [6.07, 6.45) is 1.59. The Morgan fingerprint density at radius 2 is 2.00 bits per heavy atom. The fraction of sp³-hybridized carbons (Fsp3) is 0.444. The van der Waals surface area contributed by atoms with Crippen molar-refractivity contribution in [1.29, 1.82) is 0 Å². The van der Waals surface area contributed by atoms with Crippen molar-refractivity contribution in [3.63, 3.8) is 0 Å². The van der Waals surface area contributed by atoms with Gasteiger partial charge in [0.05, 0.1) is 16.2 Å². The molecule has 1 heterocycles. The number of aryl methyl sites for hydroxylation is 1. The minimum Gasteiger partial charge on any atom is -0.487 e. The van der Waals surface area contributed by atoms with Crippen molar-refractivity contribution in [3.8, 4) is 5.75 Å². The van der Waals surface area contributed by atoms with Crippen LogP contribution < -0.4 is 15.8 Å². The molecule has 3 N–H and O–H groups in total. The summed E-state index contributed by atoms with van der Waals surface area (Å²) in [6, 6.07) is 7.19. The van der Waals surface area contributed by atoms with E-state index in [1.54, 1.807) is 23.5 Å². The van der Waals surface area contributed by atoms with Gasteiger partial charge in [0.2, 0.25) is 0 Å². The zero-order chi connectivity index (χ0) is 17.6. The first-order chi connectivity index (χ1) is 11.5. The van der Waals surface area contributed by atoms with Gasteiger partial charge < -0.3 is 15.8 Å². The molecule has 0 spiro atoms. The van der Waals surface area contributed by atoms with Crippen LogP contribution in [0.1, 0.15) is 47.7 Å². The van der Waals surface area contributed by atoms with Crippen molar-refractivity contribution in [2.24, 2.45) is 5.73 Å². The Labute approximate surface area is 171 Å². The molecule has 0 aliphatic heterocycles. The quantitative estimate of drug-likeness (QED) is 0.674. The van der Waals surface area contributed by atoms with Crippen LogP contribution in [0.2, 0.25) is 0 Å². The Morgan fingerprint density at radius 1 is 1.31 bits per heavy atom. The third-order valence-corrected chi connectivity index (χ3v) is 5.09. The van der Waals surface area contributed by atoms with Crippen molar-refractivity contribution >= 4 is 42.1 Å². The van der Waals surface area contributed by atoms with E-state index in [9.17, 15) is 4.79 Å². The highest BCUT2D eigenvalue weighted by Gasteiger charge is 2.26. The van der Waals surface area contributed by atoms with Gasteiger partial charge in [0.25, 0.3) is 5.91 Å². The molecule has 2 aromatic rings. The Balaban J connectivity index is 0.00000312. The number of hydrogen-bond donors (Lipinski definition) is 2. The fourth-order valence-electron chi connectivity index (χ4n) is 2.44. The number of nitrogens with zero attached hydrogens (tertiary/aromatic N) is 1. The molecule has 2 rings (SSSR count). The minimum absolute atomic E-state index is 0. The molecule has 0 bridgehead atoms. The summed E-state index contributed by atoms with van der Waals surface area (Å²) in [4.78, 5) is 16.9. The monoisotopic (exact) mass is 419 g/mol. The average molecular weight is 420 g/mol. The molecule has 5 nitrogen and oxygen atoms in total. The number of rotatable bonds is 8. The van der Waals surface area contributed by atoms with Gasteiger partial charge in [-0.3, -0.25) is 4.79 Å². The highest BCUT2D eigenvalue weighted by atomic mass is 35.5. The van der Waals surface area contributed by atoms with Gasteiger partial charge in [-0.25, -0.2) is 4.98 Å². The zero-order valence-corrected chi connectivity index (χ0v) is 17.7. The Morgan fingerprint density at radius 3 is 2.54 bits per heavy atom. The molecule has 0 fully saturated rings. The van der Waals surface area contributed by atoms with Crippen LogP contribution in [0.25, 0.3) is 0 Å². The number of amides is 1. The summed E-state index contributed by atoms with van der Waals surface area (Å²) >= 11 is 1.59. The van der Waals surface area contributed by atoms with Crippen molar-refractivity contribution in [2.45, 2.75) is 45.8 Å². The molecule has 8 heteroatoms. The molecule has 0 atom stereocenters. The molecule has 0 saturated carbocycles. The standard InChI is InChI=1S/C18H25N3O2S.2ClH/c1-4-18(5-2,12-19)21-17(22)14-7-6-8-16(9-14)23-10-15-11-24-13(3)20-15;;/h6-9,11H,4-5,10,12,19H2,1-3H3,(H,21,22);2*1H. The van der Waals surface area contributed by atoms with Gasteiger partial charge in [-0.1, -0.05) is 19.9 Å². The molecule has 1 aromatic carbocycles. The lowest BCUT2D eigenvalue weighted by molar-refractivity contribution is 0.0894. The molecule has 0 unspecified atom stereocenters. The number of aromatic nitrogens is 1. The molecule has 0 saturated heterocycles. The van der Waals surface area contributed by atoms with Crippen LogP contribution >= 0.6 is 36.2 Å². The number of halogens is 2. The van der Waals surface area contributed by atoms with Crippen LogP contribution in [-0.4, -0.2) is 23.0 Å².